The van der Waals surface area contributed by atoms with Gasteiger partial charge < -0.3 is 14.5 Å². The predicted molar refractivity (Wildman–Crippen MR) is 96.9 cm³/mol. The molecule has 0 aliphatic carbocycles. The molecular weight excluding hydrogens is 356 g/mol. The normalized spacial score (nSPS) is 11.0. The maximum Gasteiger partial charge on any atom is 0.261 e. The van der Waals surface area contributed by atoms with Gasteiger partial charge in [0.25, 0.3) is 15.9 Å². The van der Waals surface area contributed by atoms with Gasteiger partial charge in [0.2, 0.25) is 0 Å². The molecule has 0 fully saturated rings. The molecule has 0 saturated carbocycles. The molecule has 1 heterocycles. The van der Waals surface area contributed by atoms with E-state index in [1.54, 1.807) is 36.4 Å². The molecular formula is C18H16N2O5S. The van der Waals surface area contributed by atoms with E-state index < -0.39 is 15.9 Å². The third-order valence-electron chi connectivity index (χ3n) is 3.53. The Bertz CT molecular complexity index is 996. The molecule has 8 heteroatoms. The van der Waals surface area contributed by atoms with E-state index in [0.29, 0.717) is 22.7 Å². The highest BCUT2D eigenvalue weighted by Gasteiger charge is 2.16. The van der Waals surface area contributed by atoms with Crippen molar-refractivity contribution in [3.05, 3.63) is 72.7 Å². The highest BCUT2D eigenvalue weighted by molar-refractivity contribution is 7.92. The van der Waals surface area contributed by atoms with Gasteiger partial charge >= 0.3 is 0 Å². The number of hydrogen-bond acceptors (Lipinski definition) is 5. The molecule has 3 aromatic rings. The van der Waals surface area contributed by atoms with E-state index in [1.807, 2.05) is 0 Å². The standard InChI is InChI=1S/C18H16N2O5S/c1-24-16-7-5-14(6-8-16)20-26(22,23)17-4-2-3-15(11-17)19-18(21)13-9-10-25-12-13/h2-12,20H,1H3,(H,19,21). The lowest BCUT2D eigenvalue weighted by molar-refractivity contribution is 0.102. The number of hydrogen-bond donors (Lipinski definition) is 2. The third-order valence-corrected chi connectivity index (χ3v) is 4.91. The van der Waals surface area contributed by atoms with Crippen molar-refractivity contribution in [2.45, 2.75) is 4.90 Å². The number of benzene rings is 2. The summed E-state index contributed by atoms with van der Waals surface area (Å²) in [7, 11) is -2.28. The summed E-state index contributed by atoms with van der Waals surface area (Å²) < 4.78 is 37.5. The van der Waals surface area contributed by atoms with Crippen LogP contribution < -0.4 is 14.8 Å². The molecule has 7 nitrogen and oxygen atoms in total. The molecule has 0 aliphatic heterocycles. The molecule has 26 heavy (non-hydrogen) atoms. The summed E-state index contributed by atoms with van der Waals surface area (Å²) in [6.45, 7) is 0. The van der Waals surface area contributed by atoms with Crippen LogP contribution in [0.15, 0.2) is 76.4 Å². The van der Waals surface area contributed by atoms with Gasteiger partial charge in [-0.1, -0.05) is 6.07 Å². The van der Waals surface area contributed by atoms with Gasteiger partial charge in [-0.15, -0.1) is 0 Å². The van der Waals surface area contributed by atoms with Crippen molar-refractivity contribution in [2.24, 2.45) is 0 Å². The molecule has 134 valence electrons. The lowest BCUT2D eigenvalue weighted by atomic mass is 10.3. The van der Waals surface area contributed by atoms with E-state index >= 15 is 0 Å². The van der Waals surface area contributed by atoms with E-state index in [-0.39, 0.29) is 4.90 Å². The number of furan rings is 1. The summed E-state index contributed by atoms with van der Waals surface area (Å²) in [6, 6.07) is 14.0. The minimum Gasteiger partial charge on any atom is -0.497 e. The van der Waals surface area contributed by atoms with Crippen LogP contribution in [0.2, 0.25) is 0 Å². The van der Waals surface area contributed by atoms with Crippen molar-refractivity contribution >= 4 is 27.3 Å². The minimum atomic E-state index is -3.81. The molecule has 0 atom stereocenters. The summed E-state index contributed by atoms with van der Waals surface area (Å²) in [6.07, 6.45) is 2.69. The Balaban J connectivity index is 1.78. The summed E-state index contributed by atoms with van der Waals surface area (Å²) >= 11 is 0. The first-order valence-corrected chi connectivity index (χ1v) is 9.07. The third kappa shape index (κ3) is 4.04. The number of anilines is 2. The number of amides is 1. The minimum absolute atomic E-state index is 0.0262. The van der Waals surface area contributed by atoms with Gasteiger partial charge in [0, 0.05) is 11.4 Å². The summed E-state index contributed by atoms with van der Waals surface area (Å²) in [5.41, 5.74) is 1.10. The molecule has 2 N–H and O–H groups in total. The molecule has 0 bridgehead atoms. The second kappa shape index (κ2) is 7.32. The van der Waals surface area contributed by atoms with Crippen molar-refractivity contribution < 1.29 is 22.4 Å². The number of rotatable bonds is 6. The smallest absolute Gasteiger partial charge is 0.261 e. The van der Waals surface area contributed by atoms with Crippen LogP contribution in [0, 0.1) is 0 Å². The Hall–Kier alpha value is -3.26. The van der Waals surface area contributed by atoms with Gasteiger partial charge in [-0.3, -0.25) is 9.52 Å². The Morgan fingerprint density at radius 1 is 1.04 bits per heavy atom. The van der Waals surface area contributed by atoms with Crippen molar-refractivity contribution in [2.75, 3.05) is 17.1 Å². The lowest BCUT2D eigenvalue weighted by Gasteiger charge is -2.10. The van der Waals surface area contributed by atoms with Crippen LogP contribution in [0.25, 0.3) is 0 Å². The van der Waals surface area contributed by atoms with Gasteiger partial charge in [-0.2, -0.15) is 0 Å². The van der Waals surface area contributed by atoms with Crippen molar-refractivity contribution in [1.29, 1.82) is 0 Å². The average Bonchev–Trinajstić information content (AvgIpc) is 3.17. The second-order valence-corrected chi connectivity index (χ2v) is 7.01. The molecule has 0 unspecified atom stereocenters. The van der Waals surface area contributed by atoms with Crippen LogP contribution in [0.1, 0.15) is 10.4 Å². The molecule has 1 amide bonds. The van der Waals surface area contributed by atoms with Crippen LogP contribution in [0.4, 0.5) is 11.4 Å². The second-order valence-electron chi connectivity index (χ2n) is 5.33. The van der Waals surface area contributed by atoms with E-state index in [4.69, 9.17) is 9.15 Å². The first-order chi connectivity index (χ1) is 12.5. The number of methoxy groups -OCH3 is 1. The zero-order chi connectivity index (χ0) is 18.6. The Morgan fingerprint density at radius 2 is 1.81 bits per heavy atom. The molecule has 2 aromatic carbocycles. The van der Waals surface area contributed by atoms with Crippen molar-refractivity contribution in [3.63, 3.8) is 0 Å². The molecule has 1 aromatic heterocycles. The fourth-order valence-corrected chi connectivity index (χ4v) is 3.32. The SMILES string of the molecule is COc1ccc(NS(=O)(=O)c2cccc(NC(=O)c3ccoc3)c2)cc1. The molecule has 0 saturated heterocycles. The number of carbonyl (C=O) groups is 1. The summed E-state index contributed by atoms with van der Waals surface area (Å²) in [5, 5.41) is 2.63. The predicted octanol–water partition coefficient (Wildman–Crippen LogP) is 3.34. The van der Waals surface area contributed by atoms with Gasteiger partial charge in [-0.25, -0.2) is 8.42 Å². The van der Waals surface area contributed by atoms with Crippen LogP contribution >= 0.6 is 0 Å². The van der Waals surface area contributed by atoms with E-state index in [9.17, 15) is 13.2 Å². The van der Waals surface area contributed by atoms with E-state index in [2.05, 4.69) is 10.0 Å². The van der Waals surface area contributed by atoms with Crippen LogP contribution in [0.5, 0.6) is 5.75 Å². The number of sulfonamides is 1. The van der Waals surface area contributed by atoms with Gasteiger partial charge in [0.05, 0.1) is 23.8 Å². The average molecular weight is 372 g/mol. The maximum absolute atomic E-state index is 12.6. The van der Waals surface area contributed by atoms with E-state index in [0.717, 1.165) is 0 Å². The fourth-order valence-electron chi connectivity index (χ4n) is 2.21. The van der Waals surface area contributed by atoms with Crippen LogP contribution in [-0.2, 0) is 10.0 Å². The zero-order valence-corrected chi connectivity index (χ0v) is 14.6. The Labute approximate surface area is 150 Å². The van der Waals surface area contributed by atoms with E-state index in [1.165, 1.54) is 37.8 Å². The van der Waals surface area contributed by atoms with Gasteiger partial charge in [0.15, 0.2) is 0 Å². The monoisotopic (exact) mass is 372 g/mol. The maximum atomic E-state index is 12.6. The highest BCUT2D eigenvalue weighted by atomic mass is 32.2. The summed E-state index contributed by atoms with van der Waals surface area (Å²) in [4.78, 5) is 12.1. The highest BCUT2D eigenvalue weighted by Crippen LogP contribution is 2.21. The quantitative estimate of drug-likeness (QED) is 0.692. The molecule has 0 aliphatic rings. The van der Waals surface area contributed by atoms with Crippen molar-refractivity contribution in [3.8, 4) is 5.75 Å². The number of carbonyl (C=O) groups excluding carboxylic acids is 1. The molecule has 0 spiro atoms. The van der Waals surface area contributed by atoms with Crippen molar-refractivity contribution in [1.82, 2.24) is 0 Å². The van der Waals surface area contributed by atoms with Crippen LogP contribution in [-0.4, -0.2) is 21.4 Å². The Kier molecular flexibility index (Phi) is 4.94. The number of nitrogens with one attached hydrogen (secondary N) is 2. The molecule has 0 radical (unpaired) electrons. The van der Waals surface area contributed by atoms with Crippen LogP contribution in [0.3, 0.4) is 0 Å². The fraction of sp³-hybridized carbons (Fsp3) is 0.0556. The number of ether oxygens (including phenoxy) is 1. The van der Waals surface area contributed by atoms with Gasteiger partial charge in [0.1, 0.15) is 12.0 Å². The largest absolute Gasteiger partial charge is 0.497 e. The first kappa shape index (κ1) is 17.6. The topological polar surface area (TPSA) is 97.6 Å². The summed E-state index contributed by atoms with van der Waals surface area (Å²) in [5.74, 6) is 0.230. The Morgan fingerprint density at radius 3 is 2.46 bits per heavy atom. The van der Waals surface area contributed by atoms with Gasteiger partial charge in [-0.05, 0) is 48.5 Å². The lowest BCUT2D eigenvalue weighted by Crippen LogP contribution is -2.14. The zero-order valence-electron chi connectivity index (χ0n) is 13.8. The first-order valence-electron chi connectivity index (χ1n) is 7.58. The molecule has 3 rings (SSSR count).